The predicted octanol–water partition coefficient (Wildman–Crippen LogP) is 2.45. The van der Waals surface area contributed by atoms with Gasteiger partial charge in [-0.1, -0.05) is 41.4 Å². The van der Waals surface area contributed by atoms with E-state index in [1.54, 1.807) is 38.1 Å². The molecule has 0 aliphatic rings. The van der Waals surface area contributed by atoms with E-state index >= 15 is 0 Å². The molecule has 0 fully saturated rings. The highest BCUT2D eigenvalue weighted by Crippen LogP contribution is 2.26. The summed E-state index contributed by atoms with van der Waals surface area (Å²) in [6.45, 7) is 5.05. The van der Waals surface area contributed by atoms with E-state index in [0.717, 1.165) is 9.87 Å². The fourth-order valence-corrected chi connectivity index (χ4v) is 4.85. The number of amides is 1. The summed E-state index contributed by atoms with van der Waals surface area (Å²) in [7, 11) is -3.91. The molecule has 6 nitrogen and oxygen atoms in total. The Morgan fingerprint density at radius 3 is 2.15 bits per heavy atom. The smallest absolute Gasteiger partial charge is 0.249 e. The zero-order valence-electron chi connectivity index (χ0n) is 14.9. The van der Waals surface area contributed by atoms with Crippen molar-refractivity contribution in [3.8, 4) is 0 Å². The topological polar surface area (TPSA) is 92.5 Å². The minimum absolute atomic E-state index is 0.0275. The van der Waals surface area contributed by atoms with Crippen LogP contribution >= 0.6 is 11.6 Å². The Balaban J connectivity index is 2.49. The van der Waals surface area contributed by atoms with Crippen LogP contribution in [0.25, 0.3) is 0 Å². The molecule has 26 heavy (non-hydrogen) atoms. The van der Waals surface area contributed by atoms with E-state index in [2.05, 4.69) is 0 Å². The van der Waals surface area contributed by atoms with Gasteiger partial charge >= 0.3 is 0 Å². The Morgan fingerprint density at radius 1 is 1.12 bits per heavy atom. The molecule has 0 saturated carbocycles. The van der Waals surface area contributed by atoms with Gasteiger partial charge in [0.2, 0.25) is 15.9 Å². The Labute approximate surface area is 159 Å². The van der Waals surface area contributed by atoms with Gasteiger partial charge in [0.15, 0.2) is 0 Å². The Kier molecular flexibility index (Phi) is 6.41. The van der Waals surface area contributed by atoms with Gasteiger partial charge in [0, 0.05) is 11.6 Å². The third kappa shape index (κ3) is 4.62. The molecule has 0 bridgehead atoms. The number of aryl methyl sites for hydroxylation is 3. The van der Waals surface area contributed by atoms with Gasteiger partial charge in [-0.15, -0.1) is 0 Å². The van der Waals surface area contributed by atoms with E-state index in [9.17, 15) is 13.2 Å². The number of nitrogens with two attached hydrogens (primary N) is 1. The minimum Gasteiger partial charge on any atom is -0.293 e. The van der Waals surface area contributed by atoms with E-state index in [-0.39, 0.29) is 18.0 Å². The van der Waals surface area contributed by atoms with E-state index in [0.29, 0.717) is 21.7 Å². The molecule has 3 N–H and O–H groups in total. The summed E-state index contributed by atoms with van der Waals surface area (Å²) in [4.78, 5) is 12.0. The van der Waals surface area contributed by atoms with Crippen LogP contribution in [-0.4, -0.2) is 25.2 Å². The van der Waals surface area contributed by atoms with Gasteiger partial charge in [0.25, 0.3) is 0 Å². The van der Waals surface area contributed by atoms with Crippen LogP contribution in [0.1, 0.15) is 22.3 Å². The molecular weight excluding hydrogens is 374 g/mol. The summed E-state index contributed by atoms with van der Waals surface area (Å²) in [6.07, 6.45) is 0. The standard InChI is InChI=1S/C18H22ClN3O3S/c1-12-8-13(2)18(14(3)9-12)26(24,25)22(11-17(23)21-20)10-15-4-6-16(19)7-5-15/h4-9H,10-11,20H2,1-3H3,(H,21,23). The number of hydrazine groups is 1. The van der Waals surface area contributed by atoms with Crippen LogP contribution < -0.4 is 11.3 Å². The molecule has 2 aromatic rings. The number of carbonyl (C=O) groups excluding carboxylic acids is 1. The molecular formula is C18H22ClN3O3S. The molecule has 2 aromatic carbocycles. The fourth-order valence-electron chi connectivity index (χ4n) is 2.93. The average molecular weight is 396 g/mol. The monoisotopic (exact) mass is 395 g/mol. The average Bonchev–Trinajstić information content (AvgIpc) is 2.54. The van der Waals surface area contributed by atoms with Crippen LogP contribution in [-0.2, 0) is 21.4 Å². The first-order valence-corrected chi connectivity index (χ1v) is 9.79. The quantitative estimate of drug-likeness (QED) is 0.446. The van der Waals surface area contributed by atoms with Crippen molar-refractivity contribution in [2.75, 3.05) is 6.54 Å². The maximum atomic E-state index is 13.3. The molecule has 0 unspecified atom stereocenters. The van der Waals surface area contributed by atoms with Gasteiger partial charge < -0.3 is 0 Å². The third-order valence-electron chi connectivity index (χ3n) is 3.96. The summed E-state index contributed by atoms with van der Waals surface area (Å²) in [5, 5.41) is 0.549. The highest BCUT2D eigenvalue weighted by atomic mass is 35.5. The van der Waals surface area contributed by atoms with Gasteiger partial charge in [-0.2, -0.15) is 4.31 Å². The molecule has 140 valence electrons. The lowest BCUT2D eigenvalue weighted by molar-refractivity contribution is -0.121. The summed E-state index contributed by atoms with van der Waals surface area (Å²) in [5.41, 5.74) is 4.95. The van der Waals surface area contributed by atoms with Crippen LogP contribution in [0.3, 0.4) is 0 Å². The maximum Gasteiger partial charge on any atom is 0.249 e. The lowest BCUT2D eigenvalue weighted by Crippen LogP contribution is -2.43. The van der Waals surface area contributed by atoms with Crippen LogP contribution in [0.2, 0.25) is 5.02 Å². The largest absolute Gasteiger partial charge is 0.293 e. The summed E-state index contributed by atoms with van der Waals surface area (Å²) < 4.78 is 27.7. The first-order chi connectivity index (χ1) is 12.1. The molecule has 0 aliphatic carbocycles. The van der Waals surface area contributed by atoms with Crippen molar-refractivity contribution in [3.05, 3.63) is 63.7 Å². The number of hydrogen-bond acceptors (Lipinski definition) is 4. The second-order valence-corrected chi connectivity index (χ2v) is 8.51. The lowest BCUT2D eigenvalue weighted by Gasteiger charge is -2.24. The van der Waals surface area contributed by atoms with Gasteiger partial charge in [-0.3, -0.25) is 10.2 Å². The zero-order valence-corrected chi connectivity index (χ0v) is 16.5. The molecule has 0 heterocycles. The van der Waals surface area contributed by atoms with Crippen LogP contribution in [0.5, 0.6) is 0 Å². The van der Waals surface area contributed by atoms with Crippen molar-refractivity contribution in [1.29, 1.82) is 0 Å². The van der Waals surface area contributed by atoms with E-state index in [1.807, 2.05) is 24.5 Å². The maximum absolute atomic E-state index is 13.3. The highest BCUT2D eigenvalue weighted by molar-refractivity contribution is 7.89. The Bertz CT molecular complexity index is 889. The number of rotatable bonds is 6. The molecule has 0 saturated heterocycles. The first kappa shape index (κ1) is 20.4. The highest BCUT2D eigenvalue weighted by Gasteiger charge is 2.29. The molecule has 0 aliphatic heterocycles. The van der Waals surface area contributed by atoms with Crippen molar-refractivity contribution < 1.29 is 13.2 Å². The minimum atomic E-state index is -3.91. The number of carbonyl (C=O) groups is 1. The fraction of sp³-hybridized carbons (Fsp3) is 0.278. The van der Waals surface area contributed by atoms with Crippen molar-refractivity contribution in [2.45, 2.75) is 32.2 Å². The van der Waals surface area contributed by atoms with Gasteiger partial charge in [-0.05, 0) is 49.6 Å². The van der Waals surface area contributed by atoms with Crippen molar-refractivity contribution in [1.82, 2.24) is 9.73 Å². The first-order valence-electron chi connectivity index (χ1n) is 7.97. The Hall–Kier alpha value is -1.93. The molecule has 1 amide bonds. The van der Waals surface area contributed by atoms with Crippen LogP contribution in [0.4, 0.5) is 0 Å². The number of benzene rings is 2. The van der Waals surface area contributed by atoms with Crippen molar-refractivity contribution in [3.63, 3.8) is 0 Å². The SMILES string of the molecule is Cc1cc(C)c(S(=O)(=O)N(CC(=O)NN)Cc2ccc(Cl)cc2)c(C)c1. The Morgan fingerprint density at radius 2 is 1.65 bits per heavy atom. The van der Waals surface area contributed by atoms with Crippen molar-refractivity contribution in [2.24, 2.45) is 5.84 Å². The summed E-state index contributed by atoms with van der Waals surface area (Å²) in [6, 6.07) is 10.4. The summed E-state index contributed by atoms with van der Waals surface area (Å²) >= 11 is 5.88. The van der Waals surface area contributed by atoms with Crippen molar-refractivity contribution >= 4 is 27.5 Å². The number of nitrogens with zero attached hydrogens (tertiary/aromatic N) is 1. The van der Waals surface area contributed by atoms with Crippen LogP contribution in [0.15, 0.2) is 41.3 Å². The number of nitrogens with one attached hydrogen (secondary N) is 1. The molecule has 0 spiro atoms. The number of sulfonamides is 1. The van der Waals surface area contributed by atoms with Gasteiger partial charge in [0.05, 0.1) is 11.4 Å². The van der Waals surface area contributed by atoms with Crippen LogP contribution in [0, 0.1) is 20.8 Å². The lowest BCUT2D eigenvalue weighted by atomic mass is 10.1. The molecule has 0 atom stereocenters. The van der Waals surface area contributed by atoms with Gasteiger partial charge in [-0.25, -0.2) is 14.3 Å². The zero-order chi connectivity index (χ0) is 19.5. The van der Waals surface area contributed by atoms with E-state index in [4.69, 9.17) is 17.4 Å². The van der Waals surface area contributed by atoms with Gasteiger partial charge in [0.1, 0.15) is 0 Å². The number of hydrogen-bond donors (Lipinski definition) is 2. The normalized spacial score (nSPS) is 11.6. The van der Waals surface area contributed by atoms with E-state index in [1.165, 1.54) is 0 Å². The number of halogens is 1. The molecule has 0 radical (unpaired) electrons. The second kappa shape index (κ2) is 8.18. The third-order valence-corrected chi connectivity index (χ3v) is 6.31. The predicted molar refractivity (Wildman–Crippen MR) is 102 cm³/mol. The second-order valence-electron chi connectivity index (χ2n) is 6.19. The molecule has 8 heteroatoms. The van der Waals surface area contributed by atoms with E-state index < -0.39 is 15.9 Å². The molecule has 0 aromatic heterocycles. The summed E-state index contributed by atoms with van der Waals surface area (Å²) in [5.74, 6) is 4.56. The molecule has 2 rings (SSSR count).